The summed E-state index contributed by atoms with van der Waals surface area (Å²) in [5.74, 6) is 0.433. The number of methoxy groups -OCH3 is 1. The summed E-state index contributed by atoms with van der Waals surface area (Å²) in [5, 5.41) is 0. The fourth-order valence-corrected chi connectivity index (χ4v) is 4.16. The van der Waals surface area contributed by atoms with Gasteiger partial charge in [0.2, 0.25) is 0 Å². The maximum Gasteiger partial charge on any atom is 0.323 e. The van der Waals surface area contributed by atoms with E-state index in [1.165, 1.54) is 6.92 Å². The molecule has 8 heteroatoms. The Labute approximate surface area is 211 Å². The molecule has 0 spiro atoms. The Hall–Kier alpha value is -3.39. The number of ketones is 1. The van der Waals surface area contributed by atoms with Gasteiger partial charge in [-0.2, -0.15) is 0 Å². The van der Waals surface area contributed by atoms with Gasteiger partial charge >= 0.3 is 11.9 Å². The second-order valence-corrected chi connectivity index (χ2v) is 8.87. The zero-order chi connectivity index (χ0) is 26.1. The lowest BCUT2D eigenvalue weighted by molar-refractivity contribution is -0.144. The van der Waals surface area contributed by atoms with Crippen LogP contribution in [-0.4, -0.2) is 51.3 Å². The van der Waals surface area contributed by atoms with E-state index in [-0.39, 0.29) is 37.4 Å². The number of rotatable bonds is 14. The highest BCUT2D eigenvalue weighted by molar-refractivity contribution is 5.91. The van der Waals surface area contributed by atoms with Gasteiger partial charge in [-0.15, -0.1) is 0 Å². The van der Waals surface area contributed by atoms with E-state index in [1.54, 1.807) is 25.3 Å². The van der Waals surface area contributed by atoms with E-state index in [9.17, 15) is 14.4 Å². The molecule has 0 N–H and O–H groups in total. The van der Waals surface area contributed by atoms with Crippen LogP contribution in [0, 0.1) is 13.8 Å². The summed E-state index contributed by atoms with van der Waals surface area (Å²) in [4.78, 5) is 35.8. The summed E-state index contributed by atoms with van der Waals surface area (Å²) >= 11 is 0. The van der Waals surface area contributed by atoms with E-state index in [0.29, 0.717) is 55.3 Å². The average molecular weight is 499 g/mol. The second-order valence-electron chi connectivity index (χ2n) is 8.87. The maximum atomic E-state index is 12.9. The fourth-order valence-electron chi connectivity index (χ4n) is 4.16. The number of unbranched alkanes of at least 4 members (excludes halogenated alkanes) is 1. The monoisotopic (exact) mass is 498 g/mol. The van der Waals surface area contributed by atoms with Crippen LogP contribution in [0.5, 0.6) is 17.2 Å². The number of benzene rings is 2. The van der Waals surface area contributed by atoms with Crippen LogP contribution in [0.2, 0.25) is 0 Å². The van der Waals surface area contributed by atoms with Gasteiger partial charge in [0, 0.05) is 31.1 Å². The third-order valence-electron chi connectivity index (χ3n) is 5.81. The first-order chi connectivity index (χ1) is 17.3. The molecule has 1 heterocycles. The van der Waals surface area contributed by atoms with Crippen molar-refractivity contribution in [1.82, 2.24) is 0 Å². The number of esters is 2. The summed E-state index contributed by atoms with van der Waals surface area (Å²) in [6, 6.07) is 9.21. The number of fused-ring (bicyclic) bond motifs is 1. The van der Waals surface area contributed by atoms with Crippen LogP contribution in [0.15, 0.2) is 30.3 Å². The normalized spacial score (nSPS) is 14.2. The molecular weight excluding hydrogens is 464 g/mol. The Kier molecular flexibility index (Phi) is 9.87. The molecule has 1 unspecified atom stereocenters. The number of carbonyl (C=O) groups excluding carboxylic acids is 3. The van der Waals surface area contributed by atoms with Gasteiger partial charge < -0.3 is 28.5 Å². The summed E-state index contributed by atoms with van der Waals surface area (Å²) in [7, 11) is 1.59. The predicted molar refractivity (Wildman–Crippen MR) is 133 cm³/mol. The first-order valence-electron chi connectivity index (χ1n) is 12.2. The number of hydrogen-bond acceptors (Lipinski definition) is 8. The van der Waals surface area contributed by atoms with Crippen molar-refractivity contribution in [3.05, 3.63) is 52.6 Å². The zero-order valence-corrected chi connectivity index (χ0v) is 21.4. The summed E-state index contributed by atoms with van der Waals surface area (Å²) in [6.45, 7) is 6.42. The maximum absolute atomic E-state index is 12.9. The van der Waals surface area contributed by atoms with Crippen LogP contribution in [-0.2, 0) is 23.9 Å². The van der Waals surface area contributed by atoms with Gasteiger partial charge in [0.25, 0.3) is 0 Å². The highest BCUT2D eigenvalue weighted by atomic mass is 16.6. The summed E-state index contributed by atoms with van der Waals surface area (Å²) < 4.78 is 27.6. The van der Waals surface area contributed by atoms with Crippen LogP contribution in [0.3, 0.4) is 0 Å². The van der Waals surface area contributed by atoms with Crippen LogP contribution < -0.4 is 14.2 Å². The van der Waals surface area contributed by atoms with E-state index in [4.69, 9.17) is 23.7 Å². The topological polar surface area (TPSA) is 97.4 Å². The molecule has 0 aliphatic carbocycles. The molecule has 194 valence electrons. The highest BCUT2D eigenvalue weighted by Gasteiger charge is 2.38. The number of carbonyl (C=O) groups is 3. The highest BCUT2D eigenvalue weighted by Crippen LogP contribution is 2.45. The van der Waals surface area contributed by atoms with E-state index in [2.05, 4.69) is 0 Å². The Morgan fingerprint density at radius 1 is 0.917 bits per heavy atom. The van der Waals surface area contributed by atoms with Gasteiger partial charge in [0.15, 0.2) is 0 Å². The van der Waals surface area contributed by atoms with Crippen molar-refractivity contribution >= 4 is 17.7 Å². The lowest BCUT2D eigenvalue weighted by atomic mass is 9.89. The Morgan fingerprint density at radius 3 is 2.42 bits per heavy atom. The number of Topliss-reactive ketones (excluding diaryl/α,β-unsaturated/α-hetero) is 1. The fraction of sp³-hybridized carbons (Fsp3) is 0.464. The van der Waals surface area contributed by atoms with Gasteiger partial charge in [0.05, 0.1) is 6.61 Å². The Bertz CT molecular complexity index is 1090. The molecule has 2 aromatic rings. The van der Waals surface area contributed by atoms with Gasteiger partial charge in [0.1, 0.15) is 48.8 Å². The molecule has 3 rings (SSSR count). The average Bonchev–Trinajstić information content (AvgIpc) is 3.16. The van der Waals surface area contributed by atoms with Gasteiger partial charge in [-0.3, -0.25) is 9.59 Å². The van der Waals surface area contributed by atoms with Gasteiger partial charge in [-0.05, 0) is 57.4 Å². The number of hydrogen-bond donors (Lipinski definition) is 0. The second kappa shape index (κ2) is 13.1. The lowest BCUT2D eigenvalue weighted by Gasteiger charge is -2.17. The standard InChI is InChI=1S/C28H34O8/c1-18-15-19(2)27-23(16-18)26(28(31)36-27)22-17-21(9-10-24(22)34-12-11-32-4)33-13-14-35-25(30)8-6-5-7-20(3)29/h9-10,15-17,26H,5-8,11-14H2,1-4H3. The minimum absolute atomic E-state index is 0.0969. The molecular formula is C28H34O8. The third-order valence-corrected chi connectivity index (χ3v) is 5.81. The Balaban J connectivity index is 1.68. The van der Waals surface area contributed by atoms with Crippen molar-refractivity contribution in [2.45, 2.75) is 52.4 Å². The van der Waals surface area contributed by atoms with E-state index in [1.807, 2.05) is 26.0 Å². The molecule has 8 nitrogen and oxygen atoms in total. The minimum Gasteiger partial charge on any atom is -0.491 e. The van der Waals surface area contributed by atoms with Crippen LogP contribution in [0.4, 0.5) is 0 Å². The van der Waals surface area contributed by atoms with Crippen LogP contribution in [0.1, 0.15) is 60.8 Å². The van der Waals surface area contributed by atoms with Crippen molar-refractivity contribution in [3.63, 3.8) is 0 Å². The van der Waals surface area contributed by atoms with Crippen molar-refractivity contribution in [2.24, 2.45) is 0 Å². The summed E-state index contributed by atoms with van der Waals surface area (Å²) in [5.41, 5.74) is 3.37. The van der Waals surface area contributed by atoms with Crippen LogP contribution >= 0.6 is 0 Å². The molecule has 0 amide bonds. The summed E-state index contributed by atoms with van der Waals surface area (Å²) in [6.07, 6.45) is 2.04. The molecule has 1 aliphatic rings. The van der Waals surface area contributed by atoms with Crippen molar-refractivity contribution in [1.29, 1.82) is 0 Å². The number of aryl methyl sites for hydroxylation is 2. The molecule has 1 aliphatic heterocycles. The molecule has 0 radical (unpaired) electrons. The smallest absolute Gasteiger partial charge is 0.323 e. The molecule has 0 fully saturated rings. The zero-order valence-electron chi connectivity index (χ0n) is 21.4. The first-order valence-corrected chi connectivity index (χ1v) is 12.2. The van der Waals surface area contributed by atoms with Gasteiger partial charge in [-0.25, -0.2) is 0 Å². The largest absolute Gasteiger partial charge is 0.491 e. The molecule has 0 saturated heterocycles. The molecule has 0 aromatic heterocycles. The van der Waals surface area contributed by atoms with E-state index in [0.717, 1.165) is 16.7 Å². The van der Waals surface area contributed by atoms with E-state index < -0.39 is 5.92 Å². The van der Waals surface area contributed by atoms with Gasteiger partial charge in [-0.1, -0.05) is 17.7 Å². The Morgan fingerprint density at radius 2 is 1.67 bits per heavy atom. The minimum atomic E-state index is -0.646. The van der Waals surface area contributed by atoms with Crippen molar-refractivity contribution < 1.29 is 38.1 Å². The molecule has 0 bridgehead atoms. The van der Waals surface area contributed by atoms with E-state index >= 15 is 0 Å². The molecule has 1 atom stereocenters. The quantitative estimate of drug-likeness (QED) is 0.214. The first kappa shape index (κ1) is 27.2. The van der Waals surface area contributed by atoms with Crippen LogP contribution in [0.25, 0.3) is 0 Å². The molecule has 36 heavy (non-hydrogen) atoms. The lowest BCUT2D eigenvalue weighted by Crippen LogP contribution is -2.15. The third kappa shape index (κ3) is 7.31. The van der Waals surface area contributed by atoms with Crippen molar-refractivity contribution in [3.8, 4) is 17.2 Å². The molecule has 0 saturated carbocycles. The molecule has 2 aromatic carbocycles. The number of ether oxygens (including phenoxy) is 5. The van der Waals surface area contributed by atoms with Crippen molar-refractivity contribution in [2.75, 3.05) is 33.5 Å². The predicted octanol–water partition coefficient (Wildman–Crippen LogP) is 4.45. The SMILES string of the molecule is COCCOc1ccc(OCCOC(=O)CCCCC(C)=O)cc1C1C(=O)Oc2c(C)cc(C)cc21.